The van der Waals surface area contributed by atoms with Crippen LogP contribution >= 0.6 is 12.4 Å². The van der Waals surface area contributed by atoms with Gasteiger partial charge in [-0.25, -0.2) is 4.79 Å². The molecule has 0 saturated heterocycles. The van der Waals surface area contributed by atoms with Crippen LogP contribution in [-0.2, 0) is 4.79 Å². The highest BCUT2D eigenvalue weighted by molar-refractivity contribution is 5.86. The van der Waals surface area contributed by atoms with Gasteiger partial charge in [-0.3, -0.25) is 0 Å². The van der Waals surface area contributed by atoms with Gasteiger partial charge in [0.2, 0.25) is 0 Å². The molecule has 4 N–H and O–H groups in total. The fraction of sp³-hybridized carbons (Fsp3) is 0.571. The Morgan fingerprint density at radius 2 is 2.00 bits per heavy atom. The topological polar surface area (TPSA) is 83.5 Å². The molecule has 0 fully saturated rings. The van der Waals surface area contributed by atoms with Crippen LogP contribution in [0.2, 0.25) is 0 Å². The summed E-state index contributed by atoms with van der Waals surface area (Å²) in [6.07, 6.45) is -0.387. The first-order valence-corrected chi connectivity index (χ1v) is 3.31. The maximum Gasteiger partial charge on any atom is 0.333 e. The first-order valence-electron chi connectivity index (χ1n) is 3.31. The highest BCUT2D eigenvalue weighted by Crippen LogP contribution is 2.04. The summed E-state index contributed by atoms with van der Waals surface area (Å²) in [7, 11) is 0. The summed E-state index contributed by atoms with van der Waals surface area (Å²) >= 11 is 0. The van der Waals surface area contributed by atoms with Crippen LogP contribution in [-0.4, -0.2) is 22.3 Å². The van der Waals surface area contributed by atoms with Gasteiger partial charge >= 0.3 is 5.97 Å². The molecular weight excluding hydrogens is 182 g/mol. The lowest BCUT2D eigenvalue weighted by Gasteiger charge is -2.05. The van der Waals surface area contributed by atoms with Crippen LogP contribution < -0.4 is 5.73 Å². The molecule has 0 aliphatic carbocycles. The zero-order valence-corrected chi connectivity index (χ0v) is 7.89. The average Bonchev–Trinajstić information content (AvgIpc) is 1.84. The molecule has 72 valence electrons. The molecule has 0 aromatic rings. The fourth-order valence-corrected chi connectivity index (χ4v) is 0.609. The van der Waals surface area contributed by atoms with Crippen molar-refractivity contribution in [1.29, 1.82) is 0 Å². The number of aliphatic carboxylic acids is 1. The Morgan fingerprint density at radius 3 is 2.25 bits per heavy atom. The van der Waals surface area contributed by atoms with Crippen molar-refractivity contribution in [2.75, 3.05) is 0 Å². The summed E-state index contributed by atoms with van der Waals surface area (Å²) in [5.41, 5.74) is 5.69. The Morgan fingerprint density at radius 1 is 1.58 bits per heavy atom. The van der Waals surface area contributed by atoms with E-state index < -0.39 is 12.1 Å². The third kappa shape index (κ3) is 4.98. The van der Waals surface area contributed by atoms with Gasteiger partial charge in [0.1, 0.15) is 0 Å². The van der Waals surface area contributed by atoms with Gasteiger partial charge in [-0.15, -0.1) is 12.4 Å². The van der Waals surface area contributed by atoms with Crippen LogP contribution in [0.25, 0.3) is 0 Å². The van der Waals surface area contributed by atoms with Crippen LogP contribution in [0, 0.1) is 0 Å². The Labute approximate surface area is 77.5 Å². The minimum Gasteiger partial charge on any atom is -0.478 e. The van der Waals surface area contributed by atoms with E-state index in [9.17, 15) is 4.79 Å². The number of halogens is 1. The van der Waals surface area contributed by atoms with Crippen LogP contribution in [0.1, 0.15) is 20.3 Å². The molecule has 0 saturated carbocycles. The summed E-state index contributed by atoms with van der Waals surface area (Å²) in [5, 5.41) is 17.3. The Balaban J connectivity index is 0. The molecule has 5 heteroatoms. The van der Waals surface area contributed by atoms with E-state index in [1.165, 1.54) is 6.92 Å². The van der Waals surface area contributed by atoms with Gasteiger partial charge in [0, 0.05) is 12.1 Å². The van der Waals surface area contributed by atoms with Crippen LogP contribution in [0.5, 0.6) is 0 Å². The Bertz CT molecular complexity index is 189. The molecule has 0 spiro atoms. The van der Waals surface area contributed by atoms with E-state index in [2.05, 4.69) is 0 Å². The quantitative estimate of drug-likeness (QED) is 0.573. The van der Waals surface area contributed by atoms with E-state index >= 15 is 0 Å². The maximum atomic E-state index is 10.3. The number of hydrogen-bond acceptors (Lipinski definition) is 3. The number of carboxylic acids is 1. The Kier molecular flexibility index (Phi) is 6.74. The van der Waals surface area contributed by atoms with Crippen molar-refractivity contribution in [3.63, 3.8) is 0 Å². The molecule has 0 radical (unpaired) electrons. The number of carbonyl (C=O) groups is 1. The third-order valence-electron chi connectivity index (χ3n) is 1.32. The lowest BCUT2D eigenvalue weighted by molar-refractivity contribution is -0.132. The van der Waals surface area contributed by atoms with E-state index in [1.54, 1.807) is 6.92 Å². The molecule has 0 aromatic carbocycles. The van der Waals surface area contributed by atoms with E-state index in [0.717, 1.165) is 0 Å². The molecular formula is C7H14ClNO3. The van der Waals surface area contributed by atoms with E-state index in [0.29, 0.717) is 0 Å². The summed E-state index contributed by atoms with van der Waals surface area (Å²) in [6, 6.07) is 0. The van der Waals surface area contributed by atoms with Crippen molar-refractivity contribution in [3.05, 3.63) is 11.3 Å². The van der Waals surface area contributed by atoms with Crippen LogP contribution in [0.3, 0.4) is 0 Å². The average molecular weight is 196 g/mol. The summed E-state index contributed by atoms with van der Waals surface area (Å²) in [4.78, 5) is 10.3. The van der Waals surface area contributed by atoms with E-state index in [4.69, 9.17) is 15.9 Å². The molecule has 0 aliphatic heterocycles. The standard InChI is InChI=1S/C7H13NO3.ClH/c1-4(9)3-6(8)5(2)7(10)11;/h4,9H,3,8H2,1-2H3,(H,10,11);1H. The van der Waals surface area contributed by atoms with Crippen molar-refractivity contribution in [1.82, 2.24) is 0 Å². The minimum atomic E-state index is -1.04. The fourth-order valence-electron chi connectivity index (χ4n) is 0.609. The lowest BCUT2D eigenvalue weighted by Crippen LogP contribution is -2.13. The van der Waals surface area contributed by atoms with Gasteiger partial charge in [-0.1, -0.05) is 0 Å². The van der Waals surface area contributed by atoms with Gasteiger partial charge in [0.15, 0.2) is 0 Å². The maximum absolute atomic E-state index is 10.3. The van der Waals surface area contributed by atoms with Crippen LogP contribution in [0.4, 0.5) is 0 Å². The number of aliphatic hydroxyl groups excluding tert-OH is 1. The summed E-state index contributed by atoms with van der Waals surface area (Å²) in [6.45, 7) is 2.97. The third-order valence-corrected chi connectivity index (χ3v) is 1.32. The second-order valence-corrected chi connectivity index (χ2v) is 2.51. The molecule has 0 aliphatic rings. The Hall–Kier alpha value is -0.740. The molecule has 1 unspecified atom stereocenters. The molecule has 0 bridgehead atoms. The molecule has 1 atom stereocenters. The number of aliphatic hydroxyl groups is 1. The minimum absolute atomic E-state index is 0. The second kappa shape index (κ2) is 5.85. The second-order valence-electron chi connectivity index (χ2n) is 2.51. The first-order chi connectivity index (χ1) is 4.95. The number of hydrogen-bond donors (Lipinski definition) is 3. The van der Waals surface area contributed by atoms with Gasteiger partial charge in [0.25, 0.3) is 0 Å². The zero-order valence-electron chi connectivity index (χ0n) is 7.07. The molecule has 0 heterocycles. The SMILES string of the molecule is CC(C(=O)O)=C(N)CC(C)O.Cl. The van der Waals surface area contributed by atoms with E-state index in [-0.39, 0.29) is 30.1 Å². The number of carboxylic acid groups (broad SMARTS) is 1. The highest BCUT2D eigenvalue weighted by atomic mass is 35.5. The monoisotopic (exact) mass is 195 g/mol. The van der Waals surface area contributed by atoms with Crippen molar-refractivity contribution in [2.45, 2.75) is 26.4 Å². The van der Waals surface area contributed by atoms with Crippen molar-refractivity contribution in [2.24, 2.45) is 5.73 Å². The smallest absolute Gasteiger partial charge is 0.333 e. The largest absolute Gasteiger partial charge is 0.478 e. The number of nitrogens with two attached hydrogens (primary N) is 1. The summed E-state index contributed by atoms with van der Waals surface area (Å²) in [5.74, 6) is -1.04. The predicted molar refractivity (Wildman–Crippen MR) is 48.1 cm³/mol. The normalized spacial score (nSPS) is 14.2. The van der Waals surface area contributed by atoms with Crippen molar-refractivity contribution in [3.8, 4) is 0 Å². The van der Waals surface area contributed by atoms with Gasteiger partial charge in [0.05, 0.1) is 11.7 Å². The van der Waals surface area contributed by atoms with Gasteiger partial charge in [-0.05, 0) is 13.8 Å². The van der Waals surface area contributed by atoms with Crippen molar-refractivity contribution < 1.29 is 15.0 Å². The first kappa shape index (κ1) is 13.8. The van der Waals surface area contributed by atoms with E-state index in [1.807, 2.05) is 0 Å². The number of rotatable bonds is 3. The highest BCUT2D eigenvalue weighted by Gasteiger charge is 2.07. The molecule has 4 nitrogen and oxygen atoms in total. The molecule has 0 aromatic heterocycles. The van der Waals surface area contributed by atoms with Gasteiger partial charge < -0.3 is 15.9 Å². The molecule has 0 rings (SSSR count). The lowest BCUT2D eigenvalue weighted by atomic mass is 10.1. The summed E-state index contributed by atoms with van der Waals surface area (Å²) < 4.78 is 0. The predicted octanol–water partition coefficient (Wildman–Crippen LogP) is 0.496. The van der Waals surface area contributed by atoms with Gasteiger partial charge in [-0.2, -0.15) is 0 Å². The molecule has 12 heavy (non-hydrogen) atoms. The van der Waals surface area contributed by atoms with Crippen LogP contribution in [0.15, 0.2) is 11.3 Å². The van der Waals surface area contributed by atoms with Crippen molar-refractivity contribution >= 4 is 18.4 Å². The molecule has 0 amide bonds. The zero-order chi connectivity index (χ0) is 9.02.